The maximum atomic E-state index is 13.0. The first-order chi connectivity index (χ1) is 14.7. The van der Waals surface area contributed by atoms with E-state index in [9.17, 15) is 9.59 Å². The zero-order chi connectivity index (χ0) is 20.5. The number of anilines is 1. The molecule has 2 N–H and O–H groups in total. The zero-order valence-corrected chi connectivity index (χ0v) is 16.7. The predicted octanol–water partition coefficient (Wildman–Crippen LogP) is 2.98. The van der Waals surface area contributed by atoms with Crippen molar-refractivity contribution in [1.82, 2.24) is 15.6 Å². The number of amides is 2. The third-order valence-electron chi connectivity index (χ3n) is 5.77. The molecule has 0 bridgehead atoms. The quantitative estimate of drug-likeness (QED) is 0.691. The molecule has 3 aromatic rings. The number of nitrogens with zero attached hydrogens (tertiary/aromatic N) is 2. The summed E-state index contributed by atoms with van der Waals surface area (Å²) in [5.41, 5.74) is 4.64. The van der Waals surface area contributed by atoms with Gasteiger partial charge in [0.15, 0.2) is 0 Å². The Bertz CT molecular complexity index is 1110. The summed E-state index contributed by atoms with van der Waals surface area (Å²) in [7, 11) is 0. The molecule has 30 heavy (non-hydrogen) atoms. The number of rotatable bonds is 5. The van der Waals surface area contributed by atoms with Crippen molar-refractivity contribution in [2.45, 2.75) is 25.3 Å². The number of hydrogen-bond donors (Lipinski definition) is 2. The van der Waals surface area contributed by atoms with Gasteiger partial charge >= 0.3 is 0 Å². The van der Waals surface area contributed by atoms with Gasteiger partial charge in [-0.1, -0.05) is 30.3 Å². The van der Waals surface area contributed by atoms with Crippen molar-refractivity contribution >= 4 is 28.4 Å². The van der Waals surface area contributed by atoms with E-state index >= 15 is 0 Å². The Hall–Kier alpha value is -3.41. The Morgan fingerprint density at radius 3 is 2.70 bits per heavy atom. The first-order valence-corrected chi connectivity index (χ1v) is 10.5. The summed E-state index contributed by atoms with van der Waals surface area (Å²) in [5, 5.41) is 6.78. The molecule has 2 amide bonds. The second-order valence-corrected chi connectivity index (χ2v) is 8.01. The summed E-state index contributed by atoms with van der Waals surface area (Å²) in [6.07, 6.45) is 2.30. The van der Waals surface area contributed by atoms with Crippen molar-refractivity contribution in [2.24, 2.45) is 0 Å². The van der Waals surface area contributed by atoms with E-state index in [-0.39, 0.29) is 11.8 Å². The van der Waals surface area contributed by atoms with Crippen LogP contribution in [0.25, 0.3) is 10.9 Å². The van der Waals surface area contributed by atoms with E-state index in [0.717, 1.165) is 47.2 Å². The number of piperazine rings is 1. The molecule has 6 nitrogen and oxygen atoms in total. The lowest BCUT2D eigenvalue weighted by Gasteiger charge is -2.28. The average Bonchev–Trinajstić information content (AvgIpc) is 3.63. The highest BCUT2D eigenvalue weighted by Gasteiger charge is 2.27. The van der Waals surface area contributed by atoms with E-state index in [0.29, 0.717) is 31.1 Å². The SMILES string of the molecule is O=C1CN(c2ccc(CNC(=O)c3cc(C4CC4)nc4ccccc34)cc2)CCN1. The van der Waals surface area contributed by atoms with Crippen LogP contribution in [0.3, 0.4) is 0 Å². The lowest BCUT2D eigenvalue weighted by molar-refractivity contribution is -0.120. The number of para-hydroxylation sites is 1. The van der Waals surface area contributed by atoms with Gasteiger partial charge in [-0.2, -0.15) is 0 Å². The van der Waals surface area contributed by atoms with Crippen LogP contribution >= 0.6 is 0 Å². The van der Waals surface area contributed by atoms with Crippen molar-refractivity contribution in [2.75, 3.05) is 24.5 Å². The van der Waals surface area contributed by atoms with Gasteiger partial charge in [-0.25, -0.2) is 0 Å². The fourth-order valence-electron chi connectivity index (χ4n) is 3.93. The lowest BCUT2D eigenvalue weighted by Crippen LogP contribution is -2.47. The first-order valence-electron chi connectivity index (χ1n) is 10.5. The zero-order valence-electron chi connectivity index (χ0n) is 16.7. The van der Waals surface area contributed by atoms with Crippen LogP contribution in [0.1, 0.15) is 40.4 Å². The summed E-state index contributed by atoms with van der Waals surface area (Å²) in [4.78, 5) is 31.4. The number of carbonyl (C=O) groups is 2. The van der Waals surface area contributed by atoms with Crippen LogP contribution in [0, 0.1) is 0 Å². The third kappa shape index (κ3) is 3.85. The van der Waals surface area contributed by atoms with Crippen LogP contribution < -0.4 is 15.5 Å². The fraction of sp³-hybridized carbons (Fsp3) is 0.292. The average molecular weight is 400 g/mol. The standard InChI is InChI=1S/C24H24N4O2/c29-23-15-28(12-11-25-23)18-9-5-16(6-10-18)14-26-24(30)20-13-22(17-7-8-17)27-21-4-2-1-3-19(20)21/h1-6,9-10,13,17H,7-8,11-12,14-15H2,(H,25,29)(H,26,30). The monoisotopic (exact) mass is 400 g/mol. The van der Waals surface area contributed by atoms with Gasteiger partial charge in [-0.15, -0.1) is 0 Å². The van der Waals surface area contributed by atoms with Gasteiger partial charge in [0.2, 0.25) is 5.91 Å². The molecule has 1 aliphatic heterocycles. The summed E-state index contributed by atoms with van der Waals surface area (Å²) in [6, 6.07) is 17.8. The van der Waals surface area contributed by atoms with E-state index in [4.69, 9.17) is 4.98 Å². The molecule has 1 saturated heterocycles. The molecule has 1 aliphatic carbocycles. The molecule has 0 atom stereocenters. The topological polar surface area (TPSA) is 74.3 Å². The first kappa shape index (κ1) is 18.6. The van der Waals surface area contributed by atoms with Gasteiger partial charge in [-0.3, -0.25) is 14.6 Å². The number of nitrogens with one attached hydrogen (secondary N) is 2. The summed E-state index contributed by atoms with van der Waals surface area (Å²) >= 11 is 0. The van der Waals surface area contributed by atoms with E-state index in [1.807, 2.05) is 54.6 Å². The van der Waals surface area contributed by atoms with Gasteiger partial charge in [0, 0.05) is 42.3 Å². The van der Waals surface area contributed by atoms with Crippen molar-refractivity contribution in [3.63, 3.8) is 0 Å². The van der Waals surface area contributed by atoms with Gasteiger partial charge in [0.05, 0.1) is 17.6 Å². The fourth-order valence-corrected chi connectivity index (χ4v) is 3.93. The second kappa shape index (κ2) is 7.78. The molecule has 0 unspecified atom stereocenters. The predicted molar refractivity (Wildman–Crippen MR) is 117 cm³/mol. The highest BCUT2D eigenvalue weighted by Crippen LogP contribution is 2.40. The Balaban J connectivity index is 1.30. The molecule has 2 heterocycles. The lowest BCUT2D eigenvalue weighted by atomic mass is 10.1. The molecule has 0 spiro atoms. The molecule has 152 valence electrons. The molecule has 0 radical (unpaired) electrons. The molecule has 5 rings (SSSR count). The van der Waals surface area contributed by atoms with Crippen LogP contribution in [-0.4, -0.2) is 36.4 Å². The van der Waals surface area contributed by atoms with E-state index in [1.54, 1.807) is 0 Å². The second-order valence-electron chi connectivity index (χ2n) is 8.01. The maximum Gasteiger partial charge on any atom is 0.252 e. The Labute approximate surface area is 175 Å². The minimum atomic E-state index is -0.0766. The third-order valence-corrected chi connectivity index (χ3v) is 5.77. The Morgan fingerprint density at radius 1 is 1.13 bits per heavy atom. The number of aromatic nitrogens is 1. The molecule has 2 aromatic carbocycles. The Morgan fingerprint density at radius 2 is 1.93 bits per heavy atom. The van der Waals surface area contributed by atoms with Gasteiger partial charge in [0.1, 0.15) is 0 Å². The van der Waals surface area contributed by atoms with Crippen molar-refractivity contribution in [3.8, 4) is 0 Å². The maximum absolute atomic E-state index is 13.0. The van der Waals surface area contributed by atoms with Crippen LogP contribution in [0.4, 0.5) is 5.69 Å². The molecule has 2 aliphatic rings. The molecule has 6 heteroatoms. The van der Waals surface area contributed by atoms with Gasteiger partial charge in [0.25, 0.3) is 5.91 Å². The number of benzene rings is 2. The summed E-state index contributed by atoms with van der Waals surface area (Å²) < 4.78 is 0. The minimum absolute atomic E-state index is 0.0488. The van der Waals surface area contributed by atoms with E-state index in [2.05, 4.69) is 15.5 Å². The van der Waals surface area contributed by atoms with Crippen LogP contribution in [-0.2, 0) is 11.3 Å². The van der Waals surface area contributed by atoms with E-state index in [1.165, 1.54) is 0 Å². The highest BCUT2D eigenvalue weighted by atomic mass is 16.2. The number of hydrogen-bond acceptors (Lipinski definition) is 4. The number of pyridine rings is 1. The van der Waals surface area contributed by atoms with Crippen LogP contribution in [0.15, 0.2) is 54.6 Å². The van der Waals surface area contributed by atoms with Crippen LogP contribution in [0.2, 0.25) is 0 Å². The smallest absolute Gasteiger partial charge is 0.252 e. The van der Waals surface area contributed by atoms with E-state index < -0.39 is 0 Å². The Kier molecular flexibility index (Phi) is 4.83. The van der Waals surface area contributed by atoms with Gasteiger partial charge < -0.3 is 15.5 Å². The minimum Gasteiger partial charge on any atom is -0.360 e. The molecular weight excluding hydrogens is 376 g/mol. The summed E-state index contributed by atoms with van der Waals surface area (Å²) in [5.74, 6) is 0.464. The van der Waals surface area contributed by atoms with Gasteiger partial charge in [-0.05, 0) is 42.7 Å². The van der Waals surface area contributed by atoms with Crippen LogP contribution in [0.5, 0.6) is 0 Å². The number of fused-ring (bicyclic) bond motifs is 1. The number of carbonyl (C=O) groups excluding carboxylic acids is 2. The molecule has 1 aromatic heterocycles. The normalized spacial score (nSPS) is 16.4. The molecular formula is C24H24N4O2. The molecule has 2 fully saturated rings. The summed E-state index contributed by atoms with van der Waals surface area (Å²) in [6.45, 7) is 2.31. The van der Waals surface area contributed by atoms with Crippen molar-refractivity contribution in [3.05, 3.63) is 71.4 Å². The largest absolute Gasteiger partial charge is 0.360 e. The van der Waals surface area contributed by atoms with Crippen molar-refractivity contribution in [1.29, 1.82) is 0 Å². The van der Waals surface area contributed by atoms with Crippen molar-refractivity contribution < 1.29 is 9.59 Å². The molecule has 1 saturated carbocycles. The highest BCUT2D eigenvalue weighted by molar-refractivity contribution is 6.06.